The fourth-order valence-electron chi connectivity index (χ4n) is 2.12. The van der Waals surface area contributed by atoms with E-state index in [1.54, 1.807) is 0 Å². The van der Waals surface area contributed by atoms with Crippen LogP contribution in [0.25, 0.3) is 0 Å². The first-order valence-electron chi connectivity index (χ1n) is 6.40. The molecule has 0 saturated heterocycles. The van der Waals surface area contributed by atoms with Gasteiger partial charge in [0.15, 0.2) is 0 Å². The summed E-state index contributed by atoms with van der Waals surface area (Å²) in [6.45, 7) is 4.36. The third-order valence-corrected chi connectivity index (χ3v) is 2.93. The van der Waals surface area contributed by atoms with Gasteiger partial charge in [0.05, 0.1) is 18.5 Å². The number of nitrogens with one attached hydrogen (secondary N) is 1. The lowest BCUT2D eigenvalue weighted by atomic mass is 9.99. The zero-order chi connectivity index (χ0) is 11.8. The van der Waals surface area contributed by atoms with E-state index in [-0.39, 0.29) is 6.04 Å². The van der Waals surface area contributed by atoms with Crippen molar-refractivity contribution in [3.05, 3.63) is 0 Å². The van der Waals surface area contributed by atoms with E-state index in [1.165, 1.54) is 25.0 Å². The largest absolute Gasteiger partial charge is 0.306 e. The number of rotatable bonds is 5. The maximum Gasteiger partial charge on any atom is 0.0643 e. The third kappa shape index (κ3) is 5.16. The average Bonchev–Trinajstić information content (AvgIpc) is 2.27. The zero-order valence-corrected chi connectivity index (χ0v) is 10.5. The lowest BCUT2D eigenvalue weighted by Crippen LogP contribution is -2.27. The highest BCUT2D eigenvalue weighted by Crippen LogP contribution is 2.15. The Morgan fingerprint density at radius 3 is 2.56 bits per heavy atom. The van der Waals surface area contributed by atoms with Crippen LogP contribution in [-0.4, -0.2) is 11.8 Å². The third-order valence-electron chi connectivity index (χ3n) is 2.93. The normalized spacial score (nSPS) is 18.0. The van der Waals surface area contributed by atoms with Gasteiger partial charge in [-0.25, -0.2) is 0 Å². The van der Waals surface area contributed by atoms with Gasteiger partial charge in [-0.2, -0.15) is 10.4 Å². The summed E-state index contributed by atoms with van der Waals surface area (Å²) in [5.74, 6) is 0.609. The van der Waals surface area contributed by atoms with Crippen LogP contribution in [0.3, 0.4) is 0 Å². The molecule has 1 saturated carbocycles. The smallest absolute Gasteiger partial charge is 0.0643 e. The maximum atomic E-state index is 8.75. The van der Waals surface area contributed by atoms with Crippen LogP contribution < -0.4 is 5.43 Å². The van der Waals surface area contributed by atoms with Crippen molar-refractivity contribution in [2.45, 2.75) is 64.8 Å². The van der Waals surface area contributed by atoms with Crippen molar-refractivity contribution in [3.63, 3.8) is 0 Å². The van der Waals surface area contributed by atoms with Gasteiger partial charge >= 0.3 is 0 Å². The van der Waals surface area contributed by atoms with Crippen molar-refractivity contribution >= 4 is 5.71 Å². The molecule has 0 aromatic heterocycles. The van der Waals surface area contributed by atoms with E-state index < -0.39 is 0 Å². The number of nitrogens with zero attached hydrogens (tertiary/aromatic N) is 2. The summed E-state index contributed by atoms with van der Waals surface area (Å²) in [6.07, 6.45) is 7.72. The highest BCUT2D eigenvalue weighted by Gasteiger charge is 2.11. The molecule has 1 unspecified atom stereocenters. The molecule has 1 fully saturated rings. The fraction of sp³-hybridized carbons (Fsp3) is 0.846. The summed E-state index contributed by atoms with van der Waals surface area (Å²) < 4.78 is 0. The van der Waals surface area contributed by atoms with Crippen molar-refractivity contribution in [2.24, 2.45) is 11.0 Å². The number of hydrogen-bond donors (Lipinski definition) is 1. The van der Waals surface area contributed by atoms with Crippen LogP contribution in [0.4, 0.5) is 0 Å². The van der Waals surface area contributed by atoms with E-state index in [0.29, 0.717) is 12.3 Å². The number of hydrazone groups is 1. The summed E-state index contributed by atoms with van der Waals surface area (Å²) in [7, 11) is 0. The van der Waals surface area contributed by atoms with E-state index in [4.69, 9.17) is 5.26 Å². The Morgan fingerprint density at radius 2 is 2.00 bits per heavy atom. The van der Waals surface area contributed by atoms with Gasteiger partial charge < -0.3 is 5.43 Å². The molecule has 90 valence electrons. The monoisotopic (exact) mass is 221 g/mol. The fourth-order valence-corrected chi connectivity index (χ4v) is 2.12. The summed E-state index contributed by atoms with van der Waals surface area (Å²) in [6, 6.07) is 2.45. The van der Waals surface area contributed by atoms with Crippen molar-refractivity contribution in [1.82, 2.24) is 5.43 Å². The first-order valence-corrected chi connectivity index (χ1v) is 6.40. The molecular formula is C13H23N3. The number of nitriles is 1. The topological polar surface area (TPSA) is 48.2 Å². The lowest BCUT2D eigenvalue weighted by molar-refractivity contribution is 0.430. The van der Waals surface area contributed by atoms with Gasteiger partial charge in [-0.1, -0.05) is 20.3 Å². The van der Waals surface area contributed by atoms with Gasteiger partial charge in [0.25, 0.3) is 0 Å². The average molecular weight is 221 g/mol. The van der Waals surface area contributed by atoms with Gasteiger partial charge in [0.1, 0.15) is 0 Å². The summed E-state index contributed by atoms with van der Waals surface area (Å²) in [5, 5.41) is 13.2. The highest BCUT2D eigenvalue weighted by atomic mass is 15.3. The van der Waals surface area contributed by atoms with Crippen LogP contribution in [0.5, 0.6) is 0 Å². The van der Waals surface area contributed by atoms with E-state index in [1.807, 2.05) is 0 Å². The molecule has 0 spiro atoms. The van der Waals surface area contributed by atoms with Crippen LogP contribution in [0.15, 0.2) is 5.10 Å². The first-order chi connectivity index (χ1) is 7.72. The molecule has 0 aliphatic heterocycles. The van der Waals surface area contributed by atoms with Crippen LogP contribution >= 0.6 is 0 Å². The second-order valence-corrected chi connectivity index (χ2v) is 5.06. The zero-order valence-electron chi connectivity index (χ0n) is 10.5. The van der Waals surface area contributed by atoms with Crippen molar-refractivity contribution in [2.75, 3.05) is 0 Å². The van der Waals surface area contributed by atoms with Crippen LogP contribution in [0.2, 0.25) is 0 Å². The molecule has 0 aromatic carbocycles. The molecule has 3 nitrogen and oxygen atoms in total. The first kappa shape index (κ1) is 13.0. The van der Waals surface area contributed by atoms with Crippen LogP contribution in [0, 0.1) is 17.2 Å². The maximum absolute atomic E-state index is 8.75. The van der Waals surface area contributed by atoms with E-state index in [9.17, 15) is 0 Å². The van der Waals surface area contributed by atoms with Gasteiger partial charge in [0.2, 0.25) is 0 Å². The predicted octanol–water partition coefficient (Wildman–Crippen LogP) is 3.22. The van der Waals surface area contributed by atoms with Gasteiger partial charge in [0, 0.05) is 5.71 Å². The van der Waals surface area contributed by atoms with Crippen molar-refractivity contribution < 1.29 is 0 Å². The summed E-state index contributed by atoms with van der Waals surface area (Å²) in [5.41, 5.74) is 4.48. The highest BCUT2D eigenvalue weighted by molar-refractivity contribution is 5.84. The van der Waals surface area contributed by atoms with Crippen LogP contribution in [0.1, 0.15) is 58.8 Å². The van der Waals surface area contributed by atoms with Gasteiger partial charge in [-0.15, -0.1) is 0 Å². The van der Waals surface area contributed by atoms with E-state index >= 15 is 0 Å². The Morgan fingerprint density at radius 1 is 1.31 bits per heavy atom. The minimum Gasteiger partial charge on any atom is -0.306 e. The Balaban J connectivity index is 2.38. The Hall–Kier alpha value is -1.04. The molecule has 0 bridgehead atoms. The van der Waals surface area contributed by atoms with E-state index in [0.717, 1.165) is 19.3 Å². The molecule has 0 heterocycles. The quantitative estimate of drug-likeness (QED) is 0.725. The van der Waals surface area contributed by atoms with Crippen molar-refractivity contribution in [3.8, 4) is 6.07 Å². The molecule has 0 radical (unpaired) electrons. The molecule has 1 rings (SSSR count). The lowest BCUT2D eigenvalue weighted by Gasteiger charge is -2.18. The Kier molecular flexibility index (Phi) is 5.92. The van der Waals surface area contributed by atoms with Crippen molar-refractivity contribution in [1.29, 1.82) is 5.26 Å². The minimum absolute atomic E-state index is 0.222. The second-order valence-electron chi connectivity index (χ2n) is 5.06. The molecule has 0 aromatic rings. The van der Waals surface area contributed by atoms with Gasteiger partial charge in [-0.05, 0) is 38.0 Å². The van der Waals surface area contributed by atoms with Crippen LogP contribution in [-0.2, 0) is 0 Å². The molecule has 1 N–H and O–H groups in total. The SMILES string of the molecule is CC(C)CC(CC#N)NN=C1CCCCC1. The standard InChI is InChI=1S/C13H23N3/c1-11(2)10-13(8-9-14)16-15-12-6-4-3-5-7-12/h11,13,16H,3-8,10H2,1-2H3. The molecular weight excluding hydrogens is 198 g/mol. The Labute approximate surface area is 98.9 Å². The predicted molar refractivity (Wildman–Crippen MR) is 67.1 cm³/mol. The van der Waals surface area contributed by atoms with E-state index in [2.05, 4.69) is 30.4 Å². The second kappa shape index (κ2) is 7.27. The van der Waals surface area contributed by atoms with Gasteiger partial charge in [-0.3, -0.25) is 0 Å². The molecule has 0 amide bonds. The molecule has 1 aliphatic rings. The molecule has 1 aliphatic carbocycles. The number of hydrogen-bond acceptors (Lipinski definition) is 3. The summed E-state index contributed by atoms with van der Waals surface area (Å²) >= 11 is 0. The summed E-state index contributed by atoms with van der Waals surface area (Å²) in [4.78, 5) is 0. The molecule has 3 heteroatoms. The minimum atomic E-state index is 0.222. The molecule has 16 heavy (non-hydrogen) atoms. The Bertz CT molecular complexity index is 255. The molecule has 1 atom stereocenters.